The molecule has 2 saturated heterocycles. The third-order valence-electron chi connectivity index (χ3n) is 4.83. The second kappa shape index (κ2) is 2.87. The van der Waals surface area contributed by atoms with Crippen LogP contribution in [0.3, 0.4) is 0 Å². The molecule has 3 atom stereocenters. The van der Waals surface area contributed by atoms with Crippen LogP contribution >= 0.6 is 0 Å². The molecule has 1 aromatic heterocycles. The molecule has 3 aliphatic rings. The van der Waals surface area contributed by atoms with Gasteiger partial charge in [0, 0.05) is 24.2 Å². The maximum absolute atomic E-state index is 9.72. The number of nitrogens with zero attached hydrogens (tertiary/aromatic N) is 3. The average Bonchev–Trinajstić information content (AvgIpc) is 2.93. The Morgan fingerprint density at radius 3 is 3.38 bits per heavy atom. The lowest BCUT2D eigenvalue weighted by molar-refractivity contribution is 0.0765. The molecule has 4 heterocycles. The van der Waals surface area contributed by atoms with Crippen molar-refractivity contribution < 1.29 is 5.11 Å². The lowest BCUT2D eigenvalue weighted by atomic mass is 9.90. The van der Waals surface area contributed by atoms with Gasteiger partial charge in [0.15, 0.2) is 0 Å². The van der Waals surface area contributed by atoms with Gasteiger partial charge in [-0.1, -0.05) is 0 Å². The highest BCUT2D eigenvalue weighted by Gasteiger charge is 2.56. The first-order valence-corrected chi connectivity index (χ1v) is 6.23. The maximum Gasteiger partial charge on any atom is 0.0615 e. The van der Waals surface area contributed by atoms with Crippen molar-refractivity contribution in [2.24, 2.45) is 5.92 Å². The number of aliphatic hydroxyl groups is 1. The van der Waals surface area contributed by atoms with Gasteiger partial charge in [-0.05, 0) is 31.9 Å². The Morgan fingerprint density at radius 2 is 2.50 bits per heavy atom. The zero-order valence-corrected chi connectivity index (χ0v) is 9.34. The molecule has 0 radical (unpaired) electrons. The Morgan fingerprint density at radius 1 is 1.56 bits per heavy atom. The molecular weight excluding hydrogens is 202 g/mol. The molecule has 4 nitrogen and oxygen atoms in total. The lowest BCUT2D eigenvalue weighted by Gasteiger charge is -2.32. The van der Waals surface area contributed by atoms with Crippen LogP contribution in [-0.2, 0) is 6.54 Å². The highest BCUT2D eigenvalue weighted by molar-refractivity contribution is 5.21. The predicted molar refractivity (Wildman–Crippen MR) is 58.8 cm³/mol. The van der Waals surface area contributed by atoms with Gasteiger partial charge in [0.1, 0.15) is 0 Å². The summed E-state index contributed by atoms with van der Waals surface area (Å²) in [4.78, 5) is 2.55. The van der Waals surface area contributed by atoms with E-state index < -0.39 is 0 Å². The topological polar surface area (TPSA) is 41.3 Å². The summed E-state index contributed by atoms with van der Waals surface area (Å²) in [5.41, 5.74) is 1.47. The van der Waals surface area contributed by atoms with Crippen molar-refractivity contribution in [3.8, 4) is 0 Å². The number of hydrogen-bond acceptors (Lipinski definition) is 3. The van der Waals surface area contributed by atoms with E-state index in [1.54, 1.807) is 0 Å². The molecule has 2 fully saturated rings. The highest BCUT2D eigenvalue weighted by atomic mass is 16.3. The van der Waals surface area contributed by atoms with E-state index in [0.717, 1.165) is 19.5 Å². The third kappa shape index (κ3) is 0.908. The zero-order valence-electron chi connectivity index (χ0n) is 9.34. The van der Waals surface area contributed by atoms with Gasteiger partial charge in [-0.2, -0.15) is 5.10 Å². The minimum absolute atomic E-state index is 0.102. The van der Waals surface area contributed by atoms with Crippen molar-refractivity contribution in [2.45, 2.75) is 37.4 Å². The zero-order chi connectivity index (χ0) is 10.8. The highest BCUT2D eigenvalue weighted by Crippen LogP contribution is 2.54. The molecule has 0 aromatic carbocycles. The molecule has 1 aromatic rings. The summed E-state index contributed by atoms with van der Waals surface area (Å²) in [5, 5.41) is 14.1. The van der Waals surface area contributed by atoms with E-state index in [-0.39, 0.29) is 5.54 Å². The van der Waals surface area contributed by atoms with Gasteiger partial charge in [0.25, 0.3) is 0 Å². The summed E-state index contributed by atoms with van der Waals surface area (Å²) in [5.74, 6) is 0.677. The smallest absolute Gasteiger partial charge is 0.0615 e. The van der Waals surface area contributed by atoms with Crippen LogP contribution in [0.25, 0.3) is 0 Å². The summed E-state index contributed by atoms with van der Waals surface area (Å²) in [7, 11) is 0. The van der Waals surface area contributed by atoms with E-state index in [2.05, 4.69) is 20.7 Å². The Kier molecular flexibility index (Phi) is 1.65. The number of hydrogen-bond donors (Lipinski definition) is 1. The molecule has 1 N–H and O–H groups in total. The SMILES string of the molecule is OC[C@@]12CCCN1[C@H]1c3ccnn3CC1C2. The van der Waals surface area contributed by atoms with Crippen molar-refractivity contribution in [3.05, 3.63) is 18.0 Å². The molecular formula is C12H17N3O. The van der Waals surface area contributed by atoms with Crippen LogP contribution in [0.5, 0.6) is 0 Å². The molecule has 4 heteroatoms. The molecule has 86 valence electrons. The Labute approximate surface area is 94.9 Å². The van der Waals surface area contributed by atoms with Gasteiger partial charge in [-0.25, -0.2) is 0 Å². The minimum Gasteiger partial charge on any atom is -0.394 e. The fourth-order valence-corrected chi connectivity index (χ4v) is 4.24. The van der Waals surface area contributed by atoms with Crippen molar-refractivity contribution in [2.75, 3.05) is 13.2 Å². The average molecular weight is 219 g/mol. The van der Waals surface area contributed by atoms with Crippen LogP contribution in [-0.4, -0.2) is 38.5 Å². The van der Waals surface area contributed by atoms with Gasteiger partial charge in [-0.3, -0.25) is 9.58 Å². The predicted octanol–water partition coefficient (Wildman–Crippen LogP) is 0.785. The fraction of sp³-hybridized carbons (Fsp3) is 0.750. The van der Waals surface area contributed by atoms with Gasteiger partial charge in [-0.15, -0.1) is 0 Å². The number of fused-ring (bicyclic) bond motifs is 5. The number of aromatic nitrogens is 2. The Balaban J connectivity index is 1.78. The van der Waals surface area contributed by atoms with Crippen LogP contribution in [0, 0.1) is 5.92 Å². The monoisotopic (exact) mass is 219 g/mol. The third-order valence-corrected chi connectivity index (χ3v) is 4.83. The van der Waals surface area contributed by atoms with E-state index in [0.29, 0.717) is 18.6 Å². The van der Waals surface area contributed by atoms with Crippen molar-refractivity contribution in [3.63, 3.8) is 0 Å². The number of rotatable bonds is 1. The normalized spacial score (nSPS) is 41.1. The molecule has 0 bridgehead atoms. The summed E-state index contributed by atoms with van der Waals surface area (Å²) in [6, 6.07) is 2.67. The molecule has 0 aliphatic carbocycles. The van der Waals surface area contributed by atoms with Crippen molar-refractivity contribution in [1.29, 1.82) is 0 Å². The number of aliphatic hydroxyl groups excluding tert-OH is 1. The first kappa shape index (κ1) is 9.19. The summed E-state index contributed by atoms with van der Waals surface area (Å²) in [6.07, 6.45) is 5.46. The van der Waals surface area contributed by atoms with E-state index in [9.17, 15) is 5.11 Å². The molecule has 3 aliphatic heterocycles. The van der Waals surface area contributed by atoms with Gasteiger partial charge >= 0.3 is 0 Å². The van der Waals surface area contributed by atoms with Gasteiger partial charge < -0.3 is 5.11 Å². The van der Waals surface area contributed by atoms with Gasteiger partial charge in [0.2, 0.25) is 0 Å². The van der Waals surface area contributed by atoms with Crippen LogP contribution in [0.15, 0.2) is 12.3 Å². The second-order valence-corrected chi connectivity index (χ2v) is 5.53. The molecule has 1 unspecified atom stereocenters. The van der Waals surface area contributed by atoms with E-state index in [1.165, 1.54) is 18.5 Å². The molecule has 4 rings (SSSR count). The van der Waals surface area contributed by atoms with Crippen molar-refractivity contribution in [1.82, 2.24) is 14.7 Å². The van der Waals surface area contributed by atoms with Crippen LogP contribution in [0.1, 0.15) is 31.0 Å². The molecule has 0 saturated carbocycles. The minimum atomic E-state index is 0.102. The van der Waals surface area contributed by atoms with E-state index in [1.807, 2.05) is 6.20 Å². The summed E-state index contributed by atoms with van der Waals surface area (Å²) < 4.78 is 2.15. The lowest BCUT2D eigenvalue weighted by Crippen LogP contribution is -2.42. The maximum atomic E-state index is 9.72. The van der Waals surface area contributed by atoms with E-state index >= 15 is 0 Å². The van der Waals surface area contributed by atoms with Gasteiger partial charge in [0.05, 0.1) is 18.3 Å². The first-order chi connectivity index (χ1) is 7.84. The quantitative estimate of drug-likeness (QED) is 0.759. The first-order valence-electron chi connectivity index (χ1n) is 6.23. The van der Waals surface area contributed by atoms with Crippen molar-refractivity contribution >= 4 is 0 Å². The molecule has 0 spiro atoms. The van der Waals surface area contributed by atoms with E-state index in [4.69, 9.17) is 0 Å². The summed E-state index contributed by atoms with van der Waals surface area (Å²) in [6.45, 7) is 2.52. The Hall–Kier alpha value is -0.870. The second-order valence-electron chi connectivity index (χ2n) is 5.53. The van der Waals surface area contributed by atoms with Crippen LogP contribution in [0.4, 0.5) is 0 Å². The molecule has 16 heavy (non-hydrogen) atoms. The van der Waals surface area contributed by atoms with Crippen LogP contribution in [0.2, 0.25) is 0 Å². The summed E-state index contributed by atoms with van der Waals surface area (Å²) >= 11 is 0. The largest absolute Gasteiger partial charge is 0.394 e. The molecule has 0 amide bonds. The van der Waals surface area contributed by atoms with Crippen LogP contribution < -0.4 is 0 Å². The standard InChI is InChI=1S/C12H17N3O/c16-8-12-3-1-5-14(12)11-9(6-12)7-15-10(11)2-4-13-15/h2,4,9,11,16H,1,3,5-8H2/t9?,11-,12+/m1/s1. The Bertz CT molecular complexity index is 430. The fourth-order valence-electron chi connectivity index (χ4n) is 4.24.